The van der Waals surface area contributed by atoms with E-state index in [-0.39, 0.29) is 12.1 Å². The van der Waals surface area contributed by atoms with E-state index in [0.29, 0.717) is 102 Å². The summed E-state index contributed by atoms with van der Waals surface area (Å²) in [6.07, 6.45) is 10.4. The third-order valence-electron chi connectivity index (χ3n) is 14.3. The van der Waals surface area contributed by atoms with Crippen LogP contribution in [0.3, 0.4) is 0 Å². The van der Waals surface area contributed by atoms with Crippen molar-refractivity contribution in [2.24, 2.45) is 59.2 Å². The lowest BCUT2D eigenvalue weighted by Crippen LogP contribution is -2.48. The highest BCUT2D eigenvalue weighted by Gasteiger charge is 2.59. The van der Waals surface area contributed by atoms with E-state index < -0.39 is 0 Å². The summed E-state index contributed by atoms with van der Waals surface area (Å²) in [7, 11) is 1.51. The Morgan fingerprint density at radius 3 is 2.10 bits per heavy atom. The lowest BCUT2D eigenvalue weighted by Gasteiger charge is -2.32. The number of carbonyl (C=O) groups is 1. The summed E-state index contributed by atoms with van der Waals surface area (Å²) in [6.45, 7) is 14.1. The van der Waals surface area contributed by atoms with Crippen LogP contribution in [-0.4, -0.2) is 72.6 Å². The number of rotatable bonds is 5. The summed E-state index contributed by atoms with van der Waals surface area (Å²) in [5.41, 5.74) is 0. The maximum atomic E-state index is 12.3. The zero-order valence-corrected chi connectivity index (χ0v) is 26.7. The summed E-state index contributed by atoms with van der Waals surface area (Å²) in [6, 6.07) is 3.50. The van der Waals surface area contributed by atoms with Crippen LogP contribution < -0.4 is 21.3 Å². The second-order valence-corrected chi connectivity index (χ2v) is 16.1. The minimum absolute atomic E-state index is 0.102. The highest BCUT2D eigenvalue weighted by atomic mass is 16.5. The number of fused-ring (bicyclic) bond motifs is 8. The van der Waals surface area contributed by atoms with Gasteiger partial charge in [-0.1, -0.05) is 33.8 Å². The average molecular weight is 583 g/mol. The third kappa shape index (κ3) is 4.92. The van der Waals surface area contributed by atoms with Crippen molar-refractivity contribution in [1.82, 2.24) is 21.3 Å². The molecule has 7 aliphatic rings. The van der Waals surface area contributed by atoms with Crippen molar-refractivity contribution in [3.63, 3.8) is 0 Å². The smallest absolute Gasteiger partial charge is 0.305 e. The normalized spacial score (nSPS) is 55.2. The molecule has 2 saturated carbocycles. The van der Waals surface area contributed by atoms with E-state index in [2.05, 4.69) is 61.6 Å². The van der Waals surface area contributed by atoms with Crippen LogP contribution in [0.2, 0.25) is 0 Å². The minimum Gasteiger partial charge on any atom is -0.469 e. The molecular weight excluding hydrogens is 524 g/mol. The van der Waals surface area contributed by atoms with Crippen molar-refractivity contribution in [3.05, 3.63) is 12.7 Å². The number of hydrogen-bond acceptors (Lipinski definition) is 7. The van der Waals surface area contributed by atoms with Gasteiger partial charge in [0.15, 0.2) is 0 Å². The molecule has 0 radical (unpaired) electrons. The fourth-order valence-corrected chi connectivity index (χ4v) is 11.8. The Labute approximate surface area is 254 Å². The van der Waals surface area contributed by atoms with E-state index in [1.54, 1.807) is 0 Å². The molecule has 0 aromatic heterocycles. The Bertz CT molecular complexity index is 1020. The maximum absolute atomic E-state index is 12.3. The highest BCUT2D eigenvalue weighted by molar-refractivity contribution is 5.69. The molecule has 7 fully saturated rings. The van der Waals surface area contributed by atoms with Crippen LogP contribution in [0, 0.1) is 59.2 Å². The van der Waals surface area contributed by atoms with Gasteiger partial charge >= 0.3 is 5.97 Å². The molecule has 5 aliphatic heterocycles. The van der Waals surface area contributed by atoms with E-state index in [0.717, 1.165) is 37.5 Å². The first kappa shape index (κ1) is 29.7. The second kappa shape index (κ2) is 11.4. The first-order chi connectivity index (χ1) is 20.2. The number of carbonyl (C=O) groups excluding carboxylic acids is 1. The van der Waals surface area contributed by atoms with Crippen molar-refractivity contribution in [2.45, 2.75) is 134 Å². The zero-order chi connectivity index (χ0) is 29.4. The zero-order valence-electron chi connectivity index (χ0n) is 26.7. The van der Waals surface area contributed by atoms with Crippen LogP contribution in [0.25, 0.3) is 0 Å². The fraction of sp³-hybridized carbons (Fsp3) is 0.914. The predicted molar refractivity (Wildman–Crippen MR) is 166 cm³/mol. The lowest BCUT2D eigenvalue weighted by atomic mass is 9.76. The minimum atomic E-state index is -0.265. The molecule has 5 N–H and O–H groups in total. The van der Waals surface area contributed by atoms with Gasteiger partial charge in [0.05, 0.1) is 13.2 Å². The topological polar surface area (TPSA) is 94.6 Å². The molecule has 18 unspecified atom stereocenters. The molecule has 7 rings (SSSR count). The Morgan fingerprint density at radius 1 is 0.786 bits per heavy atom. The third-order valence-corrected chi connectivity index (χ3v) is 14.3. The molecule has 42 heavy (non-hydrogen) atoms. The first-order valence-corrected chi connectivity index (χ1v) is 17.6. The number of aliphatic hydroxyl groups excluding tert-OH is 1. The average Bonchev–Trinajstić information content (AvgIpc) is 3.31. The van der Waals surface area contributed by atoms with Gasteiger partial charge in [-0.05, 0) is 98.2 Å². The van der Waals surface area contributed by atoms with Crippen molar-refractivity contribution in [3.8, 4) is 0 Å². The molecular formula is C35H58N4O3. The van der Waals surface area contributed by atoms with Crippen LogP contribution in [0.1, 0.15) is 79.1 Å². The summed E-state index contributed by atoms with van der Waals surface area (Å²) in [5, 5.41) is 28.3. The van der Waals surface area contributed by atoms with Crippen LogP contribution in [0.5, 0.6) is 0 Å². The highest BCUT2D eigenvalue weighted by Crippen LogP contribution is 2.52. The number of hydrogen-bond donors (Lipinski definition) is 5. The Morgan fingerprint density at radius 2 is 1.38 bits per heavy atom. The van der Waals surface area contributed by atoms with Gasteiger partial charge in [0.2, 0.25) is 0 Å². The van der Waals surface area contributed by atoms with Crippen molar-refractivity contribution in [1.29, 1.82) is 0 Å². The summed E-state index contributed by atoms with van der Waals surface area (Å²) < 4.78 is 5.08. The van der Waals surface area contributed by atoms with Crippen molar-refractivity contribution < 1.29 is 14.6 Å². The van der Waals surface area contributed by atoms with Crippen molar-refractivity contribution in [2.75, 3.05) is 7.11 Å². The monoisotopic (exact) mass is 582 g/mol. The maximum Gasteiger partial charge on any atom is 0.305 e. The van der Waals surface area contributed by atoms with Crippen LogP contribution in [-0.2, 0) is 9.53 Å². The molecule has 236 valence electrons. The van der Waals surface area contributed by atoms with E-state index in [1.807, 2.05) is 0 Å². The van der Waals surface area contributed by atoms with Crippen LogP contribution in [0.15, 0.2) is 12.7 Å². The van der Waals surface area contributed by atoms with Gasteiger partial charge in [-0.25, -0.2) is 0 Å². The van der Waals surface area contributed by atoms with Crippen LogP contribution >= 0.6 is 0 Å². The quantitative estimate of drug-likeness (QED) is 0.250. The Kier molecular flexibility index (Phi) is 8.08. The lowest BCUT2D eigenvalue weighted by molar-refractivity contribution is -0.141. The molecule has 2 aliphatic carbocycles. The number of methoxy groups -OCH3 is 1. The van der Waals surface area contributed by atoms with E-state index >= 15 is 0 Å². The molecule has 0 aromatic rings. The number of ether oxygens (including phenoxy) is 1. The molecule has 8 bridgehead atoms. The molecule has 5 saturated heterocycles. The molecule has 7 heteroatoms. The summed E-state index contributed by atoms with van der Waals surface area (Å²) in [4.78, 5) is 12.3. The van der Waals surface area contributed by atoms with E-state index in [4.69, 9.17) is 4.74 Å². The van der Waals surface area contributed by atoms with Gasteiger partial charge in [0.25, 0.3) is 0 Å². The van der Waals surface area contributed by atoms with Gasteiger partial charge in [0.1, 0.15) is 0 Å². The van der Waals surface area contributed by atoms with E-state index in [9.17, 15) is 9.90 Å². The fourth-order valence-electron chi connectivity index (χ4n) is 11.8. The molecule has 0 spiro atoms. The van der Waals surface area contributed by atoms with Crippen LogP contribution in [0.4, 0.5) is 0 Å². The summed E-state index contributed by atoms with van der Waals surface area (Å²) >= 11 is 0. The largest absolute Gasteiger partial charge is 0.469 e. The molecule has 7 nitrogen and oxygen atoms in total. The Balaban J connectivity index is 1.22. The first-order valence-electron chi connectivity index (χ1n) is 17.6. The number of aliphatic hydroxyl groups is 1. The standard InChI is InChI=1S/C35H58N4O3/c1-7-21-16(2)24-15-29-32(20-8-9-20)18(4)26(37-29)13-25-17(3)22(10-11-31(41)42-6)34(38-25)23-12-30(40)33-19(5)27(39-35(23)33)14-28(21)36-24/h7,16-30,32-40H,1,8-15H2,2-6H3. The molecule has 5 heterocycles. The van der Waals surface area contributed by atoms with Gasteiger partial charge in [0, 0.05) is 60.7 Å². The SMILES string of the molecule is C=CC1C2CC3NC4C(CC(O)C4C3C)C3NC(CC4NC(CC(N2)C1C)C(C1CC1)C4C)C(C)C3CCC(=O)OC. The predicted octanol–water partition coefficient (Wildman–Crippen LogP) is 3.47. The van der Waals surface area contributed by atoms with Crippen molar-refractivity contribution >= 4 is 5.97 Å². The number of nitrogens with one attached hydrogen (secondary N) is 4. The number of esters is 1. The molecule has 0 aromatic carbocycles. The van der Waals surface area contributed by atoms with Gasteiger partial charge in [-0.15, -0.1) is 6.58 Å². The molecule has 0 amide bonds. The summed E-state index contributed by atoms with van der Waals surface area (Å²) in [5.74, 6) is 5.31. The molecule has 18 atom stereocenters. The Hall–Kier alpha value is -0.990. The second-order valence-electron chi connectivity index (χ2n) is 16.1. The van der Waals surface area contributed by atoms with Gasteiger partial charge in [-0.3, -0.25) is 4.79 Å². The van der Waals surface area contributed by atoms with E-state index in [1.165, 1.54) is 26.4 Å². The van der Waals surface area contributed by atoms with Gasteiger partial charge in [-0.2, -0.15) is 0 Å². The van der Waals surface area contributed by atoms with Gasteiger partial charge < -0.3 is 31.1 Å².